The first-order valence-electron chi connectivity index (χ1n) is 10.9. The van der Waals surface area contributed by atoms with Crippen LogP contribution < -0.4 is 5.56 Å². The maximum absolute atomic E-state index is 13.3. The van der Waals surface area contributed by atoms with Crippen molar-refractivity contribution in [1.29, 1.82) is 0 Å². The molecule has 1 aromatic carbocycles. The summed E-state index contributed by atoms with van der Waals surface area (Å²) >= 11 is 7.66. The van der Waals surface area contributed by atoms with E-state index in [4.69, 9.17) is 16.6 Å². The summed E-state index contributed by atoms with van der Waals surface area (Å²) in [5.41, 5.74) is 3.18. The normalized spacial score (nSPS) is 23.2. The van der Waals surface area contributed by atoms with Gasteiger partial charge < -0.3 is 4.90 Å². The third-order valence-electron chi connectivity index (χ3n) is 6.65. The average molecular weight is 444 g/mol. The smallest absolute Gasteiger partial charge is 0.257 e. The van der Waals surface area contributed by atoms with Gasteiger partial charge in [-0.15, -0.1) is 0 Å². The Hall–Kier alpha value is -1.79. The lowest BCUT2D eigenvalue weighted by Crippen LogP contribution is -2.37. The summed E-state index contributed by atoms with van der Waals surface area (Å²) in [4.78, 5) is 33.0. The van der Waals surface area contributed by atoms with Crippen LogP contribution in [0.15, 0.2) is 34.2 Å². The number of fused-ring (bicyclic) bond motifs is 2. The van der Waals surface area contributed by atoms with Gasteiger partial charge in [0.1, 0.15) is 0 Å². The summed E-state index contributed by atoms with van der Waals surface area (Å²) in [6, 6.07) is 7.94. The molecule has 2 atom stereocenters. The lowest BCUT2D eigenvalue weighted by atomic mass is 9.94. The minimum Gasteiger partial charge on any atom is -0.342 e. The van der Waals surface area contributed by atoms with Crippen LogP contribution in [0.25, 0.3) is 0 Å². The second-order valence-corrected chi connectivity index (χ2v) is 10.0. The van der Waals surface area contributed by atoms with E-state index in [1.807, 2.05) is 17.0 Å². The molecule has 0 radical (unpaired) electrons. The van der Waals surface area contributed by atoms with E-state index in [0.29, 0.717) is 12.3 Å². The number of benzene rings is 1. The molecule has 158 valence electrons. The number of carbonyl (C=O) groups is 1. The molecular formula is C23H26ClN3O2S. The number of hydrogen-bond acceptors (Lipinski definition) is 4. The number of thioether (sulfide) groups is 1. The monoisotopic (exact) mass is 443 g/mol. The molecule has 1 fully saturated rings. The third kappa shape index (κ3) is 3.80. The van der Waals surface area contributed by atoms with E-state index in [-0.39, 0.29) is 17.5 Å². The quantitative estimate of drug-likeness (QED) is 0.666. The Labute approximate surface area is 185 Å². The van der Waals surface area contributed by atoms with E-state index in [1.165, 1.54) is 5.56 Å². The van der Waals surface area contributed by atoms with Gasteiger partial charge in [-0.2, -0.15) is 0 Å². The van der Waals surface area contributed by atoms with E-state index in [9.17, 15) is 9.59 Å². The van der Waals surface area contributed by atoms with Gasteiger partial charge in [0, 0.05) is 41.8 Å². The van der Waals surface area contributed by atoms with E-state index >= 15 is 0 Å². The van der Waals surface area contributed by atoms with Gasteiger partial charge in [0.05, 0.1) is 11.7 Å². The fourth-order valence-corrected chi connectivity index (χ4v) is 6.29. The maximum Gasteiger partial charge on any atom is 0.257 e. The van der Waals surface area contributed by atoms with Crippen molar-refractivity contribution in [3.8, 4) is 0 Å². The minimum atomic E-state index is -0.0827. The molecule has 5 nitrogen and oxygen atoms in total. The van der Waals surface area contributed by atoms with E-state index in [2.05, 4.69) is 12.1 Å². The van der Waals surface area contributed by atoms with Gasteiger partial charge >= 0.3 is 0 Å². The zero-order chi connectivity index (χ0) is 20.7. The second-order valence-electron chi connectivity index (χ2n) is 8.60. The van der Waals surface area contributed by atoms with E-state index in [0.717, 1.165) is 78.8 Å². The van der Waals surface area contributed by atoms with Crippen LogP contribution in [0.1, 0.15) is 60.9 Å². The Morgan fingerprint density at radius 3 is 2.83 bits per heavy atom. The molecule has 5 rings (SSSR count). The fraction of sp³-hybridized carbons (Fsp3) is 0.522. The number of amides is 1. The van der Waals surface area contributed by atoms with Gasteiger partial charge in [-0.25, -0.2) is 4.98 Å². The fourth-order valence-electron chi connectivity index (χ4n) is 5.01. The summed E-state index contributed by atoms with van der Waals surface area (Å²) in [6.07, 6.45) is 6.35. The van der Waals surface area contributed by atoms with Crippen molar-refractivity contribution in [2.75, 3.05) is 18.8 Å². The Kier molecular flexibility index (Phi) is 5.63. The summed E-state index contributed by atoms with van der Waals surface area (Å²) < 4.78 is 1.81. The van der Waals surface area contributed by atoms with Crippen LogP contribution in [-0.2, 0) is 17.6 Å². The Balaban J connectivity index is 1.32. The average Bonchev–Trinajstić information content (AvgIpc) is 3.29. The van der Waals surface area contributed by atoms with E-state index in [1.54, 1.807) is 16.3 Å². The Bertz CT molecular complexity index is 1020. The predicted molar refractivity (Wildman–Crippen MR) is 120 cm³/mol. The number of nitrogens with zero attached hydrogens (tertiary/aromatic N) is 3. The third-order valence-corrected chi connectivity index (χ3v) is 8.00. The molecule has 7 heteroatoms. The van der Waals surface area contributed by atoms with Crippen LogP contribution in [0.5, 0.6) is 0 Å². The topological polar surface area (TPSA) is 55.2 Å². The highest BCUT2D eigenvalue weighted by Crippen LogP contribution is 2.35. The first kappa shape index (κ1) is 20.1. The number of aryl methyl sites for hydroxylation is 1. The van der Waals surface area contributed by atoms with Crippen molar-refractivity contribution in [1.82, 2.24) is 14.5 Å². The van der Waals surface area contributed by atoms with Gasteiger partial charge in [-0.1, -0.05) is 41.9 Å². The lowest BCUT2D eigenvalue weighted by Gasteiger charge is -2.26. The van der Waals surface area contributed by atoms with Gasteiger partial charge in [-0.05, 0) is 49.8 Å². The number of likely N-dealkylation sites (tertiary alicyclic amines) is 1. The first-order chi connectivity index (χ1) is 14.6. The first-order valence-corrected chi connectivity index (χ1v) is 12.3. The zero-order valence-electron chi connectivity index (χ0n) is 17.0. The minimum absolute atomic E-state index is 0.0827. The molecule has 1 aliphatic carbocycles. The summed E-state index contributed by atoms with van der Waals surface area (Å²) in [6.45, 7) is 1.54. The van der Waals surface area contributed by atoms with Crippen LogP contribution in [0.4, 0.5) is 0 Å². The Morgan fingerprint density at radius 2 is 2.00 bits per heavy atom. The molecule has 1 amide bonds. The van der Waals surface area contributed by atoms with Crippen LogP contribution in [0.3, 0.4) is 0 Å². The molecule has 30 heavy (non-hydrogen) atoms. The molecular weight excluding hydrogens is 418 g/mol. The molecule has 3 aliphatic rings. The molecule has 0 N–H and O–H groups in total. The highest BCUT2D eigenvalue weighted by atomic mass is 35.5. The molecule has 0 saturated carbocycles. The summed E-state index contributed by atoms with van der Waals surface area (Å²) in [5.74, 6) is 1.25. The van der Waals surface area contributed by atoms with Crippen LogP contribution in [-0.4, -0.2) is 39.2 Å². The maximum atomic E-state index is 13.3. The van der Waals surface area contributed by atoms with Gasteiger partial charge in [-0.3, -0.25) is 14.2 Å². The molecule has 1 aromatic heterocycles. The zero-order valence-corrected chi connectivity index (χ0v) is 18.6. The standard InChI is InChI=1S/C23H26ClN3O2S/c24-17-9-7-15(8-10-17)16-4-1-2-11-26(13-16)21(28)12-18-14-30-23-25-20-6-3-5-19(20)22(29)27(18)23/h7-10,16,18H,1-6,11-14H2. The van der Waals surface area contributed by atoms with E-state index < -0.39 is 0 Å². The van der Waals surface area contributed by atoms with Crippen LogP contribution in [0.2, 0.25) is 5.02 Å². The molecule has 2 aromatic rings. The highest BCUT2D eigenvalue weighted by Gasteiger charge is 2.33. The van der Waals surface area contributed by atoms with Gasteiger partial charge in [0.2, 0.25) is 5.91 Å². The molecule has 1 saturated heterocycles. The summed E-state index contributed by atoms with van der Waals surface area (Å²) in [5, 5.41) is 1.54. The lowest BCUT2D eigenvalue weighted by molar-refractivity contribution is -0.132. The van der Waals surface area contributed by atoms with Crippen molar-refractivity contribution in [2.24, 2.45) is 0 Å². The molecule has 3 heterocycles. The van der Waals surface area contributed by atoms with Gasteiger partial charge in [0.25, 0.3) is 5.56 Å². The second kappa shape index (κ2) is 8.39. The van der Waals surface area contributed by atoms with Crippen molar-refractivity contribution in [3.05, 3.63) is 56.5 Å². The SMILES string of the molecule is O=C(CC1CSc2nc3c(c(=O)n21)CCC3)N1CCCCC(c2ccc(Cl)cc2)C1. The number of aromatic nitrogens is 2. The molecule has 2 unspecified atom stereocenters. The number of rotatable bonds is 3. The van der Waals surface area contributed by atoms with Crippen molar-refractivity contribution < 1.29 is 4.79 Å². The van der Waals surface area contributed by atoms with Gasteiger partial charge in [0.15, 0.2) is 5.16 Å². The number of carbonyl (C=O) groups excluding carboxylic acids is 1. The van der Waals surface area contributed by atoms with Crippen molar-refractivity contribution in [2.45, 2.75) is 62.1 Å². The van der Waals surface area contributed by atoms with Crippen LogP contribution in [0, 0.1) is 0 Å². The highest BCUT2D eigenvalue weighted by molar-refractivity contribution is 7.99. The van der Waals surface area contributed by atoms with Crippen LogP contribution >= 0.6 is 23.4 Å². The predicted octanol–water partition coefficient (Wildman–Crippen LogP) is 4.22. The largest absolute Gasteiger partial charge is 0.342 e. The molecule has 2 aliphatic heterocycles. The van der Waals surface area contributed by atoms with Crippen molar-refractivity contribution >= 4 is 29.3 Å². The summed E-state index contributed by atoms with van der Waals surface area (Å²) in [7, 11) is 0. The molecule has 0 spiro atoms. The Morgan fingerprint density at radius 1 is 1.17 bits per heavy atom. The van der Waals surface area contributed by atoms with Crippen molar-refractivity contribution in [3.63, 3.8) is 0 Å². The molecule has 0 bridgehead atoms. The number of hydrogen-bond donors (Lipinski definition) is 0. The number of halogens is 1.